The minimum atomic E-state index is 0.263. The van der Waals surface area contributed by atoms with E-state index in [2.05, 4.69) is 36.1 Å². The number of hydrogen-bond donors (Lipinski definition) is 1. The van der Waals surface area contributed by atoms with E-state index in [1.54, 1.807) is 6.20 Å². The van der Waals surface area contributed by atoms with Crippen LogP contribution in [0.3, 0.4) is 0 Å². The molecule has 2 atom stereocenters. The molecule has 88 valence electrons. The SMILES string of the molecule is CCCNCC1CC1(C)c1nccnc1C. The molecule has 0 aromatic carbocycles. The number of hydrogen-bond acceptors (Lipinski definition) is 3. The van der Waals surface area contributed by atoms with Crippen molar-refractivity contribution in [3.63, 3.8) is 0 Å². The van der Waals surface area contributed by atoms with Crippen LogP contribution in [0.2, 0.25) is 0 Å². The van der Waals surface area contributed by atoms with Gasteiger partial charge in [0.05, 0.1) is 11.4 Å². The Kier molecular flexibility index (Phi) is 3.24. The van der Waals surface area contributed by atoms with Gasteiger partial charge >= 0.3 is 0 Å². The first-order chi connectivity index (χ1) is 7.68. The zero-order valence-electron chi connectivity index (χ0n) is 10.5. The molecule has 3 nitrogen and oxygen atoms in total. The Morgan fingerprint density at radius 3 is 2.88 bits per heavy atom. The van der Waals surface area contributed by atoms with Gasteiger partial charge < -0.3 is 5.32 Å². The minimum absolute atomic E-state index is 0.263. The fourth-order valence-electron chi connectivity index (χ4n) is 2.46. The van der Waals surface area contributed by atoms with Crippen LogP contribution >= 0.6 is 0 Å². The smallest absolute Gasteiger partial charge is 0.0678 e. The Balaban J connectivity index is 1.99. The van der Waals surface area contributed by atoms with Crippen molar-refractivity contribution in [3.05, 3.63) is 23.8 Å². The molecule has 1 fully saturated rings. The molecule has 0 bridgehead atoms. The summed E-state index contributed by atoms with van der Waals surface area (Å²) in [5.41, 5.74) is 2.54. The zero-order chi connectivity index (χ0) is 11.6. The summed E-state index contributed by atoms with van der Waals surface area (Å²) in [4.78, 5) is 8.83. The highest BCUT2D eigenvalue weighted by Gasteiger charge is 2.52. The Morgan fingerprint density at radius 1 is 1.44 bits per heavy atom. The summed E-state index contributed by atoms with van der Waals surface area (Å²) in [7, 11) is 0. The highest BCUT2D eigenvalue weighted by molar-refractivity contribution is 5.29. The molecule has 1 aliphatic rings. The monoisotopic (exact) mass is 219 g/mol. The van der Waals surface area contributed by atoms with E-state index in [9.17, 15) is 0 Å². The van der Waals surface area contributed by atoms with Crippen molar-refractivity contribution in [3.8, 4) is 0 Å². The molecule has 1 aromatic heterocycles. The molecule has 1 saturated carbocycles. The molecule has 0 radical (unpaired) electrons. The Labute approximate surface area is 97.7 Å². The second-order valence-corrected chi connectivity index (χ2v) is 5.01. The van der Waals surface area contributed by atoms with Gasteiger partial charge in [0.1, 0.15) is 0 Å². The molecule has 16 heavy (non-hydrogen) atoms. The van der Waals surface area contributed by atoms with Crippen molar-refractivity contribution < 1.29 is 0 Å². The molecule has 1 heterocycles. The van der Waals surface area contributed by atoms with Crippen LogP contribution in [0.25, 0.3) is 0 Å². The van der Waals surface area contributed by atoms with Crippen molar-refractivity contribution in [2.75, 3.05) is 13.1 Å². The van der Waals surface area contributed by atoms with E-state index >= 15 is 0 Å². The quantitative estimate of drug-likeness (QED) is 0.770. The van der Waals surface area contributed by atoms with Gasteiger partial charge in [-0.05, 0) is 38.8 Å². The van der Waals surface area contributed by atoms with E-state index in [0.29, 0.717) is 0 Å². The van der Waals surface area contributed by atoms with Gasteiger partial charge in [-0.15, -0.1) is 0 Å². The van der Waals surface area contributed by atoms with E-state index in [-0.39, 0.29) is 5.41 Å². The minimum Gasteiger partial charge on any atom is -0.316 e. The van der Waals surface area contributed by atoms with Crippen molar-refractivity contribution >= 4 is 0 Å². The fraction of sp³-hybridized carbons (Fsp3) is 0.692. The van der Waals surface area contributed by atoms with Crippen molar-refractivity contribution in [1.29, 1.82) is 0 Å². The lowest BCUT2D eigenvalue weighted by Crippen LogP contribution is -2.22. The molecule has 0 aliphatic heterocycles. The molecule has 0 amide bonds. The largest absolute Gasteiger partial charge is 0.316 e. The van der Waals surface area contributed by atoms with E-state index in [0.717, 1.165) is 24.7 Å². The molecular formula is C13H21N3. The molecular weight excluding hydrogens is 198 g/mol. The highest BCUT2D eigenvalue weighted by atomic mass is 14.9. The first kappa shape index (κ1) is 11.5. The maximum Gasteiger partial charge on any atom is 0.0678 e. The first-order valence-electron chi connectivity index (χ1n) is 6.17. The number of nitrogens with one attached hydrogen (secondary N) is 1. The lowest BCUT2D eigenvalue weighted by Gasteiger charge is -2.13. The molecule has 0 spiro atoms. The van der Waals surface area contributed by atoms with Crippen LogP contribution < -0.4 is 5.32 Å². The lowest BCUT2D eigenvalue weighted by molar-refractivity contribution is 0.564. The average Bonchev–Trinajstić information content (AvgIpc) is 2.92. The predicted octanol–water partition coefficient (Wildman–Crippen LogP) is 2.06. The van der Waals surface area contributed by atoms with Crippen LogP contribution in [0.4, 0.5) is 0 Å². The first-order valence-corrected chi connectivity index (χ1v) is 6.17. The molecule has 1 aromatic rings. The second-order valence-electron chi connectivity index (χ2n) is 5.01. The second kappa shape index (κ2) is 4.50. The molecule has 3 heteroatoms. The van der Waals surface area contributed by atoms with E-state index in [1.807, 2.05) is 6.20 Å². The maximum absolute atomic E-state index is 4.50. The standard InChI is InChI=1S/C13H21N3/c1-4-5-14-9-11-8-13(11,3)12-10(2)15-6-7-16-12/h6-7,11,14H,4-5,8-9H2,1-3H3. The summed E-state index contributed by atoms with van der Waals surface area (Å²) in [6, 6.07) is 0. The van der Waals surface area contributed by atoms with Gasteiger partial charge in [-0.3, -0.25) is 9.97 Å². The van der Waals surface area contributed by atoms with Gasteiger partial charge in [-0.25, -0.2) is 0 Å². The number of nitrogens with zero attached hydrogens (tertiary/aromatic N) is 2. The predicted molar refractivity (Wildman–Crippen MR) is 65.4 cm³/mol. The van der Waals surface area contributed by atoms with Crippen molar-refractivity contribution in [2.45, 2.75) is 39.0 Å². The molecule has 2 rings (SSSR count). The number of aryl methyl sites for hydroxylation is 1. The third kappa shape index (κ3) is 2.09. The Bertz CT molecular complexity index is 364. The van der Waals surface area contributed by atoms with E-state index < -0.39 is 0 Å². The van der Waals surface area contributed by atoms with Crippen LogP contribution in [0.5, 0.6) is 0 Å². The summed E-state index contributed by atoms with van der Waals surface area (Å²) in [6.07, 6.45) is 6.02. The summed E-state index contributed by atoms with van der Waals surface area (Å²) < 4.78 is 0. The highest BCUT2D eigenvalue weighted by Crippen LogP contribution is 2.53. The van der Waals surface area contributed by atoms with Gasteiger partial charge in [-0.1, -0.05) is 13.8 Å². The van der Waals surface area contributed by atoms with Crippen LogP contribution in [-0.2, 0) is 5.41 Å². The fourth-order valence-corrected chi connectivity index (χ4v) is 2.46. The molecule has 1 N–H and O–H groups in total. The third-order valence-corrected chi connectivity index (χ3v) is 3.65. The average molecular weight is 219 g/mol. The van der Waals surface area contributed by atoms with Gasteiger partial charge in [0.2, 0.25) is 0 Å². The topological polar surface area (TPSA) is 37.8 Å². The van der Waals surface area contributed by atoms with Gasteiger partial charge in [0.15, 0.2) is 0 Å². The van der Waals surface area contributed by atoms with E-state index in [1.165, 1.54) is 18.5 Å². The van der Waals surface area contributed by atoms with Gasteiger partial charge in [0, 0.05) is 17.8 Å². The Morgan fingerprint density at radius 2 is 2.19 bits per heavy atom. The van der Waals surface area contributed by atoms with Crippen LogP contribution in [0.1, 0.15) is 38.1 Å². The van der Waals surface area contributed by atoms with E-state index in [4.69, 9.17) is 0 Å². The van der Waals surface area contributed by atoms with Gasteiger partial charge in [-0.2, -0.15) is 0 Å². The number of aromatic nitrogens is 2. The van der Waals surface area contributed by atoms with Crippen molar-refractivity contribution in [1.82, 2.24) is 15.3 Å². The summed E-state index contributed by atoms with van der Waals surface area (Å²) in [5.74, 6) is 0.731. The summed E-state index contributed by atoms with van der Waals surface area (Å²) >= 11 is 0. The molecule has 1 aliphatic carbocycles. The van der Waals surface area contributed by atoms with Crippen LogP contribution in [0, 0.1) is 12.8 Å². The Hall–Kier alpha value is -0.960. The van der Waals surface area contributed by atoms with Crippen molar-refractivity contribution in [2.24, 2.45) is 5.92 Å². The maximum atomic E-state index is 4.50. The molecule has 0 saturated heterocycles. The summed E-state index contributed by atoms with van der Waals surface area (Å²) in [6.45, 7) is 8.79. The van der Waals surface area contributed by atoms with Gasteiger partial charge in [0.25, 0.3) is 0 Å². The van der Waals surface area contributed by atoms with Crippen LogP contribution in [-0.4, -0.2) is 23.1 Å². The zero-order valence-corrected chi connectivity index (χ0v) is 10.5. The lowest BCUT2D eigenvalue weighted by atomic mass is 9.99. The third-order valence-electron chi connectivity index (χ3n) is 3.65. The summed E-state index contributed by atoms with van der Waals surface area (Å²) in [5, 5.41) is 3.49. The number of rotatable bonds is 5. The normalized spacial score (nSPS) is 28.1. The van der Waals surface area contributed by atoms with Crippen LogP contribution in [0.15, 0.2) is 12.4 Å². The molecule has 2 unspecified atom stereocenters.